The Hall–Kier alpha value is -2.97. The molecule has 3 aromatic heterocycles. The standard InChI is InChI=1S/C18H12F3N3O5S3/c1-10-12(16-24(23-10)7-8-30-16)15-22-14(29-32(26,27)18(19,20)21)13(31-15)17(25)28-9-11-5-3-2-4-6-11/h2-8H,9H2,1H3. The number of fused-ring (bicyclic) bond motifs is 1. The third kappa shape index (κ3) is 4.20. The highest BCUT2D eigenvalue weighted by Gasteiger charge is 2.49. The van der Waals surface area contributed by atoms with Crippen LogP contribution in [0, 0.1) is 6.92 Å². The molecule has 0 aliphatic heterocycles. The molecule has 14 heteroatoms. The van der Waals surface area contributed by atoms with Gasteiger partial charge >= 0.3 is 21.6 Å². The summed E-state index contributed by atoms with van der Waals surface area (Å²) in [6.07, 6.45) is 1.67. The second-order valence-electron chi connectivity index (χ2n) is 6.31. The van der Waals surface area contributed by atoms with Crippen LogP contribution in [0.4, 0.5) is 13.2 Å². The Labute approximate surface area is 187 Å². The van der Waals surface area contributed by atoms with E-state index in [1.807, 2.05) is 0 Å². The Bertz CT molecular complexity index is 1390. The zero-order valence-corrected chi connectivity index (χ0v) is 18.4. The van der Waals surface area contributed by atoms with Crippen LogP contribution in [0.15, 0.2) is 41.9 Å². The molecular weight excluding hydrogens is 491 g/mol. The van der Waals surface area contributed by atoms with E-state index < -0.39 is 32.4 Å². The summed E-state index contributed by atoms with van der Waals surface area (Å²) >= 11 is 1.95. The summed E-state index contributed by atoms with van der Waals surface area (Å²) in [5.74, 6) is -2.08. The Kier molecular flexibility index (Phi) is 5.68. The SMILES string of the molecule is Cc1nn2ccsc2c1-c1nc(OS(=O)(=O)C(F)(F)F)c(C(=O)OCc2ccccc2)s1. The Morgan fingerprint density at radius 3 is 2.62 bits per heavy atom. The number of nitrogens with zero attached hydrogens (tertiary/aromatic N) is 3. The number of benzene rings is 1. The summed E-state index contributed by atoms with van der Waals surface area (Å²) in [5, 5.41) is 6.07. The van der Waals surface area contributed by atoms with Crippen molar-refractivity contribution in [1.29, 1.82) is 0 Å². The molecule has 0 aliphatic rings. The maximum Gasteiger partial charge on any atom is 0.534 e. The lowest BCUT2D eigenvalue weighted by molar-refractivity contribution is -0.0501. The number of hydrogen-bond acceptors (Lipinski definition) is 9. The zero-order chi connectivity index (χ0) is 23.1. The first-order valence-corrected chi connectivity index (χ1v) is 11.8. The highest BCUT2D eigenvalue weighted by molar-refractivity contribution is 7.88. The molecular formula is C18H12F3N3O5S3. The van der Waals surface area contributed by atoms with E-state index in [9.17, 15) is 26.4 Å². The second-order valence-corrected chi connectivity index (χ2v) is 9.74. The number of halogens is 3. The third-order valence-electron chi connectivity index (χ3n) is 4.10. The van der Waals surface area contributed by atoms with Crippen LogP contribution in [0.25, 0.3) is 15.4 Å². The van der Waals surface area contributed by atoms with Crippen molar-refractivity contribution in [3.05, 3.63) is 58.0 Å². The van der Waals surface area contributed by atoms with Crippen molar-refractivity contribution >= 4 is 43.6 Å². The van der Waals surface area contributed by atoms with Gasteiger partial charge in [-0.1, -0.05) is 30.3 Å². The monoisotopic (exact) mass is 503 g/mol. The van der Waals surface area contributed by atoms with Gasteiger partial charge in [0.05, 0.1) is 11.3 Å². The minimum atomic E-state index is -6.05. The van der Waals surface area contributed by atoms with Gasteiger partial charge in [-0.05, 0) is 12.5 Å². The minimum Gasteiger partial charge on any atom is -0.456 e. The van der Waals surface area contributed by atoms with E-state index in [-0.39, 0.29) is 11.6 Å². The van der Waals surface area contributed by atoms with Crippen LogP contribution in [-0.2, 0) is 21.5 Å². The van der Waals surface area contributed by atoms with Gasteiger partial charge in [0.1, 0.15) is 16.4 Å². The van der Waals surface area contributed by atoms with Crippen LogP contribution < -0.4 is 4.18 Å². The number of hydrogen-bond donors (Lipinski definition) is 0. The molecule has 0 amide bonds. The maximum atomic E-state index is 12.9. The second kappa shape index (κ2) is 8.18. The van der Waals surface area contributed by atoms with Gasteiger partial charge in [-0.2, -0.15) is 31.7 Å². The van der Waals surface area contributed by atoms with Crippen LogP contribution in [0.1, 0.15) is 20.9 Å². The van der Waals surface area contributed by atoms with Gasteiger partial charge in [0.15, 0.2) is 4.88 Å². The number of esters is 1. The van der Waals surface area contributed by atoms with Crippen molar-refractivity contribution in [3.63, 3.8) is 0 Å². The van der Waals surface area contributed by atoms with Crippen molar-refractivity contribution in [2.45, 2.75) is 19.0 Å². The minimum absolute atomic E-state index is 0.0685. The van der Waals surface area contributed by atoms with E-state index in [4.69, 9.17) is 4.74 Å². The van der Waals surface area contributed by atoms with Gasteiger partial charge in [-0.3, -0.25) is 0 Å². The molecule has 0 radical (unpaired) electrons. The summed E-state index contributed by atoms with van der Waals surface area (Å²) in [7, 11) is -6.05. The Morgan fingerprint density at radius 1 is 1.22 bits per heavy atom. The molecule has 8 nitrogen and oxygen atoms in total. The summed E-state index contributed by atoms with van der Waals surface area (Å²) < 4.78 is 72.6. The van der Waals surface area contributed by atoms with Gasteiger partial charge in [0.2, 0.25) is 0 Å². The fraction of sp³-hybridized carbons (Fsp3) is 0.167. The van der Waals surface area contributed by atoms with Gasteiger partial charge in [0.25, 0.3) is 5.88 Å². The molecule has 0 spiro atoms. The number of rotatable bonds is 6. The summed E-state index contributed by atoms with van der Waals surface area (Å²) in [6, 6.07) is 8.55. The predicted molar refractivity (Wildman–Crippen MR) is 110 cm³/mol. The molecule has 4 aromatic rings. The highest BCUT2D eigenvalue weighted by Crippen LogP contribution is 2.39. The molecule has 0 saturated carbocycles. The lowest BCUT2D eigenvalue weighted by Gasteiger charge is -2.08. The predicted octanol–water partition coefficient (Wildman–Crippen LogP) is 4.41. The molecule has 0 aliphatic carbocycles. The number of carbonyl (C=O) groups is 1. The van der Waals surface area contributed by atoms with Crippen molar-refractivity contribution < 1.29 is 35.3 Å². The van der Waals surface area contributed by atoms with E-state index in [0.29, 0.717) is 33.0 Å². The molecule has 3 heterocycles. The van der Waals surface area contributed by atoms with Gasteiger partial charge < -0.3 is 8.92 Å². The molecule has 0 saturated heterocycles. The van der Waals surface area contributed by atoms with Gasteiger partial charge in [0, 0.05) is 11.6 Å². The molecule has 1 aromatic carbocycles. The number of thiazole rings is 2. The zero-order valence-electron chi connectivity index (χ0n) is 16.0. The Balaban J connectivity index is 1.74. The van der Waals surface area contributed by atoms with Crippen LogP contribution >= 0.6 is 22.7 Å². The third-order valence-corrected chi connectivity index (χ3v) is 6.95. The van der Waals surface area contributed by atoms with E-state index in [1.165, 1.54) is 15.9 Å². The van der Waals surface area contributed by atoms with E-state index in [2.05, 4.69) is 14.3 Å². The first kappa shape index (κ1) is 22.2. The average Bonchev–Trinajstić information content (AvgIpc) is 3.40. The quantitative estimate of drug-likeness (QED) is 0.218. The molecule has 0 fully saturated rings. The van der Waals surface area contributed by atoms with Crippen molar-refractivity contribution in [2.75, 3.05) is 0 Å². The normalized spacial score (nSPS) is 12.2. The first-order valence-electron chi connectivity index (χ1n) is 8.72. The number of aryl methyl sites for hydroxylation is 1. The molecule has 0 N–H and O–H groups in total. The number of carbonyl (C=O) groups excluding carboxylic acids is 1. The highest BCUT2D eigenvalue weighted by atomic mass is 32.2. The van der Waals surface area contributed by atoms with Crippen LogP contribution in [-0.4, -0.2) is 34.5 Å². The number of alkyl halides is 3. The van der Waals surface area contributed by atoms with Crippen LogP contribution in [0.3, 0.4) is 0 Å². The number of aromatic nitrogens is 3. The average molecular weight is 504 g/mol. The maximum absolute atomic E-state index is 12.9. The van der Waals surface area contributed by atoms with E-state index in [0.717, 1.165) is 0 Å². The van der Waals surface area contributed by atoms with E-state index in [1.54, 1.807) is 48.8 Å². The molecule has 0 unspecified atom stereocenters. The van der Waals surface area contributed by atoms with E-state index >= 15 is 0 Å². The molecule has 0 atom stereocenters. The fourth-order valence-electron chi connectivity index (χ4n) is 2.68. The van der Waals surface area contributed by atoms with Gasteiger partial charge in [-0.15, -0.1) is 22.7 Å². The van der Waals surface area contributed by atoms with Crippen molar-refractivity contribution in [3.8, 4) is 16.5 Å². The summed E-state index contributed by atoms with van der Waals surface area (Å²) in [4.78, 5) is 16.6. The lowest BCUT2D eigenvalue weighted by Crippen LogP contribution is -2.28. The molecule has 4 rings (SSSR count). The summed E-state index contributed by atoms with van der Waals surface area (Å²) in [6.45, 7) is 1.47. The number of ether oxygens (including phenoxy) is 1. The largest absolute Gasteiger partial charge is 0.534 e. The molecule has 0 bridgehead atoms. The van der Waals surface area contributed by atoms with Crippen molar-refractivity contribution in [1.82, 2.24) is 14.6 Å². The van der Waals surface area contributed by atoms with Crippen molar-refractivity contribution in [2.24, 2.45) is 0 Å². The molecule has 32 heavy (non-hydrogen) atoms. The lowest BCUT2D eigenvalue weighted by atomic mass is 10.2. The first-order chi connectivity index (χ1) is 15.1. The fourth-order valence-corrected chi connectivity index (χ4v) is 5.08. The Morgan fingerprint density at radius 2 is 1.94 bits per heavy atom. The molecule has 168 valence electrons. The topological polar surface area (TPSA) is 99.9 Å². The van der Waals surface area contributed by atoms with Crippen LogP contribution in [0.2, 0.25) is 0 Å². The van der Waals surface area contributed by atoms with Gasteiger partial charge in [-0.25, -0.2) is 9.31 Å². The smallest absolute Gasteiger partial charge is 0.456 e. The van der Waals surface area contributed by atoms with Crippen LogP contribution in [0.5, 0.6) is 5.88 Å². The summed E-state index contributed by atoms with van der Waals surface area (Å²) in [5.41, 5.74) is -4.14.